The number of carboxylic acids is 1. The summed E-state index contributed by atoms with van der Waals surface area (Å²) in [5.41, 5.74) is 1.71. The molecule has 5 heteroatoms. The Morgan fingerprint density at radius 2 is 2.21 bits per heavy atom. The summed E-state index contributed by atoms with van der Waals surface area (Å²) in [6.45, 7) is 0.616. The van der Waals surface area contributed by atoms with E-state index in [2.05, 4.69) is 0 Å². The lowest BCUT2D eigenvalue weighted by molar-refractivity contribution is -0.137. The third kappa shape index (κ3) is 2.04. The summed E-state index contributed by atoms with van der Waals surface area (Å²) in [5, 5.41) is 9.08. The zero-order valence-electron chi connectivity index (χ0n) is 10.8. The quantitative estimate of drug-likeness (QED) is 0.882. The van der Waals surface area contributed by atoms with Crippen molar-refractivity contribution in [1.82, 2.24) is 0 Å². The van der Waals surface area contributed by atoms with Crippen LogP contribution in [0, 0.1) is 0 Å². The number of hydrogen-bond donors (Lipinski definition) is 1. The molecule has 0 amide bonds. The SMILES string of the molecule is COCc1c(C2(CC(=O)O)CC2)ccc2c1OCO2. The number of rotatable bonds is 5. The van der Waals surface area contributed by atoms with E-state index in [1.54, 1.807) is 7.11 Å². The zero-order chi connectivity index (χ0) is 13.5. The van der Waals surface area contributed by atoms with E-state index < -0.39 is 5.97 Å². The van der Waals surface area contributed by atoms with Gasteiger partial charge in [0.25, 0.3) is 0 Å². The first kappa shape index (κ1) is 12.3. The molecule has 1 aromatic carbocycles. The summed E-state index contributed by atoms with van der Waals surface area (Å²) in [5.74, 6) is 0.650. The zero-order valence-corrected chi connectivity index (χ0v) is 10.8. The number of methoxy groups -OCH3 is 1. The lowest BCUT2D eigenvalue weighted by atomic mass is 9.88. The van der Waals surface area contributed by atoms with Crippen LogP contribution in [-0.4, -0.2) is 25.0 Å². The van der Waals surface area contributed by atoms with Gasteiger partial charge in [-0.1, -0.05) is 6.07 Å². The minimum atomic E-state index is -0.765. The lowest BCUT2D eigenvalue weighted by Gasteiger charge is -2.19. The van der Waals surface area contributed by atoms with Crippen LogP contribution in [0.2, 0.25) is 0 Å². The average molecular weight is 264 g/mol. The highest BCUT2D eigenvalue weighted by Crippen LogP contribution is 2.54. The number of aliphatic carboxylic acids is 1. The van der Waals surface area contributed by atoms with Crippen LogP contribution in [-0.2, 0) is 21.6 Å². The van der Waals surface area contributed by atoms with Crippen molar-refractivity contribution in [3.63, 3.8) is 0 Å². The fraction of sp³-hybridized carbons (Fsp3) is 0.500. The van der Waals surface area contributed by atoms with E-state index in [1.807, 2.05) is 12.1 Å². The highest BCUT2D eigenvalue weighted by Gasteiger charge is 2.48. The van der Waals surface area contributed by atoms with Crippen molar-refractivity contribution in [2.24, 2.45) is 0 Å². The summed E-state index contributed by atoms with van der Waals surface area (Å²) in [4.78, 5) is 11.0. The Kier molecular flexibility index (Phi) is 2.86. The van der Waals surface area contributed by atoms with Crippen LogP contribution in [0.15, 0.2) is 12.1 Å². The van der Waals surface area contributed by atoms with Gasteiger partial charge >= 0.3 is 5.97 Å². The minimum absolute atomic E-state index is 0.156. The molecule has 0 aromatic heterocycles. The monoisotopic (exact) mass is 264 g/mol. The van der Waals surface area contributed by atoms with Crippen molar-refractivity contribution in [3.05, 3.63) is 23.3 Å². The maximum atomic E-state index is 11.0. The Bertz CT molecular complexity index is 519. The van der Waals surface area contributed by atoms with Crippen LogP contribution in [0.25, 0.3) is 0 Å². The van der Waals surface area contributed by atoms with Crippen molar-refractivity contribution in [2.45, 2.75) is 31.3 Å². The fourth-order valence-corrected chi connectivity index (χ4v) is 2.80. The Morgan fingerprint density at radius 3 is 2.84 bits per heavy atom. The highest BCUT2D eigenvalue weighted by molar-refractivity contribution is 5.71. The molecule has 0 radical (unpaired) electrons. The van der Waals surface area contributed by atoms with Gasteiger partial charge in [0.2, 0.25) is 6.79 Å². The normalized spacial score (nSPS) is 18.4. The Balaban J connectivity index is 2.04. The number of ether oxygens (including phenoxy) is 3. The standard InChI is InChI=1S/C14H16O5/c1-17-7-9-10(14(4-5-14)6-12(15)16)2-3-11-13(9)19-8-18-11/h2-3H,4-8H2,1H3,(H,15,16). The smallest absolute Gasteiger partial charge is 0.304 e. The van der Waals surface area contributed by atoms with E-state index >= 15 is 0 Å². The van der Waals surface area contributed by atoms with Gasteiger partial charge in [-0.3, -0.25) is 4.79 Å². The van der Waals surface area contributed by atoms with E-state index in [9.17, 15) is 4.79 Å². The number of carbonyl (C=O) groups is 1. The van der Waals surface area contributed by atoms with E-state index in [-0.39, 0.29) is 18.6 Å². The van der Waals surface area contributed by atoms with Crippen LogP contribution >= 0.6 is 0 Å². The van der Waals surface area contributed by atoms with Gasteiger partial charge in [-0.05, 0) is 24.5 Å². The molecule has 0 unspecified atom stereocenters. The van der Waals surface area contributed by atoms with Crippen molar-refractivity contribution >= 4 is 5.97 Å². The maximum Gasteiger partial charge on any atom is 0.304 e. The number of carboxylic acid groups (broad SMARTS) is 1. The third-order valence-electron chi connectivity index (χ3n) is 3.85. The summed E-state index contributed by atoms with van der Waals surface area (Å²) >= 11 is 0. The topological polar surface area (TPSA) is 65.0 Å². The van der Waals surface area contributed by atoms with E-state index in [4.69, 9.17) is 19.3 Å². The first-order valence-corrected chi connectivity index (χ1v) is 6.29. The molecule has 0 bridgehead atoms. The van der Waals surface area contributed by atoms with Crippen LogP contribution in [0.3, 0.4) is 0 Å². The van der Waals surface area contributed by atoms with Gasteiger partial charge in [0.1, 0.15) is 0 Å². The summed E-state index contributed by atoms with van der Waals surface area (Å²) < 4.78 is 16.1. The molecule has 1 heterocycles. The fourth-order valence-electron chi connectivity index (χ4n) is 2.80. The Morgan fingerprint density at radius 1 is 1.42 bits per heavy atom. The minimum Gasteiger partial charge on any atom is -0.481 e. The Hall–Kier alpha value is -1.75. The van der Waals surface area contributed by atoms with Gasteiger partial charge in [-0.15, -0.1) is 0 Å². The second-order valence-corrected chi connectivity index (χ2v) is 5.11. The maximum absolute atomic E-state index is 11.0. The van der Waals surface area contributed by atoms with Crippen molar-refractivity contribution in [1.29, 1.82) is 0 Å². The van der Waals surface area contributed by atoms with E-state index in [1.165, 1.54) is 0 Å². The molecule has 3 rings (SSSR count). The first-order chi connectivity index (χ1) is 9.16. The molecular weight excluding hydrogens is 248 g/mol. The first-order valence-electron chi connectivity index (χ1n) is 6.29. The molecule has 0 spiro atoms. The summed E-state index contributed by atoms with van der Waals surface area (Å²) in [6.07, 6.45) is 1.95. The molecule has 1 fully saturated rings. The van der Waals surface area contributed by atoms with Crippen molar-refractivity contribution < 1.29 is 24.1 Å². The van der Waals surface area contributed by atoms with E-state index in [0.29, 0.717) is 18.1 Å². The van der Waals surface area contributed by atoms with Gasteiger partial charge in [-0.2, -0.15) is 0 Å². The summed E-state index contributed by atoms with van der Waals surface area (Å²) in [7, 11) is 1.62. The molecule has 0 atom stereocenters. The number of fused-ring (bicyclic) bond motifs is 1. The van der Waals surface area contributed by atoms with Crippen LogP contribution in [0.4, 0.5) is 0 Å². The molecule has 1 aromatic rings. The molecular formula is C14H16O5. The largest absolute Gasteiger partial charge is 0.481 e. The third-order valence-corrected chi connectivity index (χ3v) is 3.85. The van der Waals surface area contributed by atoms with Gasteiger partial charge in [0, 0.05) is 18.1 Å². The summed E-state index contributed by atoms with van der Waals surface area (Å²) in [6, 6.07) is 3.82. The predicted molar refractivity (Wildman–Crippen MR) is 66.4 cm³/mol. The van der Waals surface area contributed by atoms with Crippen LogP contribution in [0.1, 0.15) is 30.4 Å². The van der Waals surface area contributed by atoms with Crippen molar-refractivity contribution in [3.8, 4) is 11.5 Å². The van der Waals surface area contributed by atoms with Crippen LogP contribution in [0.5, 0.6) is 11.5 Å². The highest BCUT2D eigenvalue weighted by atomic mass is 16.7. The molecule has 1 N–H and O–H groups in total. The lowest BCUT2D eigenvalue weighted by Crippen LogP contribution is -2.15. The second-order valence-electron chi connectivity index (χ2n) is 5.11. The van der Waals surface area contributed by atoms with Crippen LogP contribution < -0.4 is 9.47 Å². The molecule has 2 aliphatic rings. The molecule has 1 saturated carbocycles. The number of benzene rings is 1. The molecule has 1 aliphatic heterocycles. The van der Waals surface area contributed by atoms with E-state index in [0.717, 1.165) is 24.0 Å². The number of hydrogen-bond acceptors (Lipinski definition) is 4. The second kappa shape index (κ2) is 4.42. The molecule has 19 heavy (non-hydrogen) atoms. The molecule has 0 saturated heterocycles. The van der Waals surface area contributed by atoms with Gasteiger partial charge in [0.05, 0.1) is 13.0 Å². The Labute approximate surface area is 111 Å². The predicted octanol–water partition coefficient (Wildman–Crippen LogP) is 2.07. The molecule has 102 valence electrons. The van der Waals surface area contributed by atoms with Gasteiger partial charge in [-0.25, -0.2) is 0 Å². The molecule has 1 aliphatic carbocycles. The van der Waals surface area contributed by atoms with Crippen molar-refractivity contribution in [2.75, 3.05) is 13.9 Å². The van der Waals surface area contributed by atoms with Gasteiger partial charge < -0.3 is 19.3 Å². The van der Waals surface area contributed by atoms with Gasteiger partial charge in [0.15, 0.2) is 11.5 Å². The molecule has 5 nitrogen and oxygen atoms in total. The average Bonchev–Trinajstić information content (AvgIpc) is 2.97.